The first-order valence-electron chi connectivity index (χ1n) is 20.6. The molecular formula is C58H40N2. The van der Waals surface area contributed by atoms with Gasteiger partial charge in [-0.25, -0.2) is 0 Å². The van der Waals surface area contributed by atoms with E-state index in [2.05, 4.69) is 252 Å². The lowest BCUT2D eigenvalue weighted by Crippen LogP contribution is -2.11. The third-order valence-electron chi connectivity index (χ3n) is 11.8. The quantitative estimate of drug-likeness (QED) is 0.150. The van der Waals surface area contributed by atoms with Crippen LogP contribution in [-0.4, -0.2) is 4.57 Å². The largest absolute Gasteiger partial charge is 0.310 e. The minimum Gasteiger partial charge on any atom is -0.310 e. The lowest BCUT2D eigenvalue weighted by atomic mass is 9.94. The maximum absolute atomic E-state index is 2.41. The summed E-state index contributed by atoms with van der Waals surface area (Å²) in [5.74, 6) is 0. The fraction of sp³-hybridized carbons (Fsp3) is 0. The zero-order chi connectivity index (χ0) is 39.8. The molecule has 0 fully saturated rings. The second-order valence-electron chi connectivity index (χ2n) is 15.3. The van der Waals surface area contributed by atoms with Crippen LogP contribution in [0.1, 0.15) is 0 Å². The number of hydrogen-bond acceptors (Lipinski definition) is 1. The van der Waals surface area contributed by atoms with Gasteiger partial charge in [-0.15, -0.1) is 0 Å². The number of anilines is 3. The summed E-state index contributed by atoms with van der Waals surface area (Å²) in [6.07, 6.45) is 0. The van der Waals surface area contributed by atoms with Gasteiger partial charge < -0.3 is 9.47 Å². The SMILES string of the molecule is c1ccc(-c2cccc(-c3ccc(N(c4ccc5ccccc5c4)c4ccccc4-c4cccc(-c5cccc6c5c5ccccc5n6-c5ccccc5)c4)cc3)c2)cc1. The summed E-state index contributed by atoms with van der Waals surface area (Å²) in [6.45, 7) is 0. The second kappa shape index (κ2) is 15.1. The molecule has 11 aromatic rings. The van der Waals surface area contributed by atoms with Crippen molar-refractivity contribution in [3.8, 4) is 50.2 Å². The van der Waals surface area contributed by atoms with Gasteiger partial charge in [0.25, 0.3) is 0 Å². The molecule has 0 radical (unpaired) electrons. The molecule has 0 aliphatic rings. The first kappa shape index (κ1) is 35.2. The van der Waals surface area contributed by atoms with E-state index in [9.17, 15) is 0 Å². The predicted molar refractivity (Wildman–Crippen MR) is 255 cm³/mol. The first-order valence-corrected chi connectivity index (χ1v) is 20.6. The Balaban J connectivity index is 1.04. The van der Waals surface area contributed by atoms with Gasteiger partial charge in [0.1, 0.15) is 0 Å². The summed E-state index contributed by atoms with van der Waals surface area (Å²) >= 11 is 0. The van der Waals surface area contributed by atoms with E-state index in [4.69, 9.17) is 0 Å². The van der Waals surface area contributed by atoms with Crippen molar-refractivity contribution in [1.29, 1.82) is 0 Å². The molecule has 10 aromatic carbocycles. The van der Waals surface area contributed by atoms with Crippen LogP contribution in [0.5, 0.6) is 0 Å². The molecule has 60 heavy (non-hydrogen) atoms. The minimum atomic E-state index is 1.09. The van der Waals surface area contributed by atoms with E-state index in [1.807, 2.05) is 0 Å². The Hall–Kier alpha value is -7.94. The van der Waals surface area contributed by atoms with Gasteiger partial charge in [-0.2, -0.15) is 0 Å². The van der Waals surface area contributed by atoms with Crippen LogP contribution < -0.4 is 4.90 Å². The standard InChI is InChI=1S/C58H40N2/c1-3-16-41(17-4-1)44-20-13-21-45(38-44)43-32-35-50(36-33-43)59(51-37-34-42-18-7-8-19-46(42)40-51)55-29-11-9-26-52(55)47-22-14-23-48(39-47)53-28-15-31-57-58(53)54-27-10-12-30-56(54)60(57)49-24-5-2-6-25-49/h1-40H. The predicted octanol–water partition coefficient (Wildman–Crippen LogP) is 16.1. The van der Waals surface area contributed by atoms with Gasteiger partial charge in [-0.3, -0.25) is 0 Å². The molecule has 0 atom stereocenters. The Morgan fingerprint density at radius 1 is 0.300 bits per heavy atom. The van der Waals surface area contributed by atoms with Crippen LogP contribution in [0.3, 0.4) is 0 Å². The zero-order valence-corrected chi connectivity index (χ0v) is 33.0. The van der Waals surface area contributed by atoms with Crippen LogP contribution in [0.2, 0.25) is 0 Å². The van der Waals surface area contributed by atoms with Crippen molar-refractivity contribution in [2.24, 2.45) is 0 Å². The number of rotatable bonds is 8. The molecule has 0 aliphatic heterocycles. The second-order valence-corrected chi connectivity index (χ2v) is 15.3. The summed E-state index contributed by atoms with van der Waals surface area (Å²) in [5.41, 5.74) is 16.4. The number of aromatic nitrogens is 1. The summed E-state index contributed by atoms with van der Waals surface area (Å²) < 4.78 is 2.39. The van der Waals surface area contributed by atoms with Crippen molar-refractivity contribution < 1.29 is 0 Å². The van der Waals surface area contributed by atoms with Gasteiger partial charge in [0.15, 0.2) is 0 Å². The van der Waals surface area contributed by atoms with Crippen LogP contribution in [0.15, 0.2) is 243 Å². The van der Waals surface area contributed by atoms with E-state index in [1.165, 1.54) is 66.0 Å². The number of hydrogen-bond donors (Lipinski definition) is 0. The minimum absolute atomic E-state index is 1.09. The average Bonchev–Trinajstić information content (AvgIpc) is 3.67. The molecule has 0 saturated heterocycles. The molecule has 0 spiro atoms. The zero-order valence-electron chi connectivity index (χ0n) is 33.0. The van der Waals surface area contributed by atoms with E-state index in [0.717, 1.165) is 33.9 Å². The van der Waals surface area contributed by atoms with Crippen LogP contribution in [0, 0.1) is 0 Å². The van der Waals surface area contributed by atoms with E-state index in [1.54, 1.807) is 0 Å². The summed E-state index contributed by atoms with van der Waals surface area (Å²) in [4.78, 5) is 2.41. The maximum Gasteiger partial charge on any atom is 0.0547 e. The molecule has 0 bridgehead atoms. The topological polar surface area (TPSA) is 8.17 Å². The highest BCUT2D eigenvalue weighted by Crippen LogP contribution is 2.44. The van der Waals surface area contributed by atoms with Crippen molar-refractivity contribution in [1.82, 2.24) is 4.57 Å². The van der Waals surface area contributed by atoms with Crippen molar-refractivity contribution in [3.63, 3.8) is 0 Å². The maximum atomic E-state index is 2.41. The number of fused-ring (bicyclic) bond motifs is 4. The Labute approximate surface area is 350 Å². The normalized spacial score (nSPS) is 11.3. The first-order chi connectivity index (χ1) is 29.8. The summed E-state index contributed by atoms with van der Waals surface area (Å²) in [6, 6.07) is 87.9. The Morgan fingerprint density at radius 3 is 1.63 bits per heavy atom. The third kappa shape index (κ3) is 6.32. The average molecular weight is 765 g/mol. The van der Waals surface area contributed by atoms with Crippen LogP contribution in [0.25, 0.3) is 82.8 Å². The monoisotopic (exact) mass is 764 g/mol. The van der Waals surface area contributed by atoms with Gasteiger partial charge in [-0.1, -0.05) is 176 Å². The lowest BCUT2D eigenvalue weighted by Gasteiger charge is -2.28. The van der Waals surface area contributed by atoms with E-state index in [0.29, 0.717) is 0 Å². The fourth-order valence-electron chi connectivity index (χ4n) is 8.94. The smallest absolute Gasteiger partial charge is 0.0547 e. The van der Waals surface area contributed by atoms with Gasteiger partial charge in [0.2, 0.25) is 0 Å². The number of nitrogens with zero attached hydrogens (tertiary/aromatic N) is 2. The molecule has 2 nitrogen and oxygen atoms in total. The van der Waals surface area contributed by atoms with Crippen LogP contribution in [-0.2, 0) is 0 Å². The lowest BCUT2D eigenvalue weighted by molar-refractivity contribution is 1.18. The van der Waals surface area contributed by atoms with Gasteiger partial charge >= 0.3 is 0 Å². The molecular weight excluding hydrogens is 725 g/mol. The highest BCUT2D eigenvalue weighted by atomic mass is 15.1. The van der Waals surface area contributed by atoms with Gasteiger partial charge in [-0.05, 0) is 116 Å². The molecule has 0 saturated carbocycles. The molecule has 1 heterocycles. The van der Waals surface area contributed by atoms with Crippen molar-refractivity contribution in [2.75, 3.05) is 4.90 Å². The molecule has 1 aromatic heterocycles. The van der Waals surface area contributed by atoms with Gasteiger partial charge in [0, 0.05) is 33.4 Å². The highest BCUT2D eigenvalue weighted by Gasteiger charge is 2.20. The van der Waals surface area contributed by atoms with Crippen LogP contribution in [0.4, 0.5) is 17.1 Å². The Kier molecular flexibility index (Phi) is 8.87. The Morgan fingerprint density at radius 2 is 0.833 bits per heavy atom. The van der Waals surface area contributed by atoms with E-state index >= 15 is 0 Å². The van der Waals surface area contributed by atoms with E-state index in [-0.39, 0.29) is 0 Å². The third-order valence-corrected chi connectivity index (χ3v) is 11.8. The molecule has 2 heteroatoms. The van der Waals surface area contributed by atoms with Crippen molar-refractivity contribution in [2.45, 2.75) is 0 Å². The molecule has 0 N–H and O–H groups in total. The van der Waals surface area contributed by atoms with E-state index < -0.39 is 0 Å². The molecule has 11 rings (SSSR count). The molecule has 0 aliphatic carbocycles. The molecule has 0 amide bonds. The fourth-order valence-corrected chi connectivity index (χ4v) is 8.94. The number of benzene rings is 10. The van der Waals surface area contributed by atoms with Crippen LogP contribution >= 0.6 is 0 Å². The highest BCUT2D eigenvalue weighted by molar-refractivity contribution is 6.16. The summed E-state index contributed by atoms with van der Waals surface area (Å²) in [5, 5.41) is 4.93. The van der Waals surface area contributed by atoms with Crippen molar-refractivity contribution >= 4 is 49.6 Å². The van der Waals surface area contributed by atoms with Gasteiger partial charge in [0.05, 0.1) is 16.7 Å². The van der Waals surface area contributed by atoms with Crippen molar-refractivity contribution in [3.05, 3.63) is 243 Å². The Bertz CT molecular complexity index is 3310. The number of para-hydroxylation sites is 3. The molecule has 282 valence electrons. The summed E-state index contributed by atoms with van der Waals surface area (Å²) in [7, 11) is 0. The molecule has 0 unspecified atom stereocenters.